The smallest absolute Gasteiger partial charge is 0.244 e. The van der Waals surface area contributed by atoms with Gasteiger partial charge in [0.25, 0.3) is 0 Å². The Kier molecular flexibility index (Phi) is 3.56. The van der Waals surface area contributed by atoms with Gasteiger partial charge in [0, 0.05) is 32.4 Å². The molecule has 2 aromatic rings. The summed E-state index contributed by atoms with van der Waals surface area (Å²) in [5, 5.41) is 7.09. The third-order valence-corrected chi connectivity index (χ3v) is 3.53. The Morgan fingerprint density at radius 1 is 1.60 bits per heavy atom. The van der Waals surface area contributed by atoms with E-state index in [1.165, 1.54) is 0 Å². The van der Waals surface area contributed by atoms with Gasteiger partial charge in [0.1, 0.15) is 17.4 Å². The van der Waals surface area contributed by atoms with Crippen LogP contribution in [0.2, 0.25) is 0 Å². The Balaban J connectivity index is 1.97. The number of furan rings is 1. The number of nitrogens with zero attached hydrogens (tertiary/aromatic N) is 2. The van der Waals surface area contributed by atoms with Gasteiger partial charge in [-0.3, -0.25) is 4.79 Å². The molecule has 6 nitrogen and oxygen atoms in total. The number of carbonyl (C=O) groups excluding carboxylic acids is 1. The molecule has 1 atom stereocenters. The van der Waals surface area contributed by atoms with E-state index in [1.54, 1.807) is 12.5 Å². The van der Waals surface area contributed by atoms with E-state index in [2.05, 4.69) is 20.5 Å². The molecule has 0 aliphatic carbocycles. The van der Waals surface area contributed by atoms with Crippen molar-refractivity contribution in [3.05, 3.63) is 24.6 Å². The zero-order valence-electron chi connectivity index (χ0n) is 11.4. The van der Waals surface area contributed by atoms with Gasteiger partial charge in [-0.1, -0.05) is 0 Å². The molecule has 1 aliphatic heterocycles. The summed E-state index contributed by atoms with van der Waals surface area (Å²) in [6, 6.07) is 3.49. The number of hydrogen-bond acceptors (Lipinski definition) is 5. The number of likely N-dealkylation sites (N-methyl/N-ethyl adjacent to an activating group) is 1. The molecule has 3 rings (SSSR count). The number of carbonyl (C=O) groups is 1. The van der Waals surface area contributed by atoms with E-state index in [0.29, 0.717) is 13.1 Å². The van der Waals surface area contributed by atoms with Crippen molar-refractivity contribution in [2.24, 2.45) is 0 Å². The van der Waals surface area contributed by atoms with E-state index in [9.17, 15) is 4.79 Å². The number of anilines is 1. The molecule has 1 aliphatic rings. The van der Waals surface area contributed by atoms with Crippen molar-refractivity contribution < 1.29 is 9.21 Å². The second-order valence-electron chi connectivity index (χ2n) is 4.77. The number of hydrogen-bond donors (Lipinski definition) is 2. The van der Waals surface area contributed by atoms with Gasteiger partial charge in [-0.05, 0) is 19.1 Å². The van der Waals surface area contributed by atoms with E-state index < -0.39 is 0 Å². The normalized spacial score (nSPS) is 19.2. The third kappa shape index (κ3) is 2.22. The summed E-state index contributed by atoms with van der Waals surface area (Å²) in [7, 11) is 0. The number of pyridine rings is 1. The molecule has 1 fully saturated rings. The highest BCUT2D eigenvalue weighted by Gasteiger charge is 2.30. The molecule has 20 heavy (non-hydrogen) atoms. The van der Waals surface area contributed by atoms with Crippen molar-refractivity contribution in [1.82, 2.24) is 15.6 Å². The zero-order chi connectivity index (χ0) is 13.9. The summed E-state index contributed by atoms with van der Waals surface area (Å²) in [5.41, 5.74) is 0.795. The van der Waals surface area contributed by atoms with Crippen LogP contribution in [0, 0.1) is 0 Å². The lowest BCUT2D eigenvalue weighted by Crippen LogP contribution is -2.58. The second-order valence-corrected chi connectivity index (χ2v) is 4.77. The van der Waals surface area contributed by atoms with E-state index in [4.69, 9.17) is 4.42 Å². The summed E-state index contributed by atoms with van der Waals surface area (Å²) in [6.45, 7) is 4.77. The van der Waals surface area contributed by atoms with E-state index in [1.807, 2.05) is 19.1 Å². The lowest BCUT2D eigenvalue weighted by Gasteiger charge is -2.36. The largest absolute Gasteiger partial charge is 0.464 e. The van der Waals surface area contributed by atoms with Crippen molar-refractivity contribution in [2.45, 2.75) is 13.0 Å². The quantitative estimate of drug-likeness (QED) is 0.864. The molecular formula is C14H18N4O2. The van der Waals surface area contributed by atoms with Crippen molar-refractivity contribution in [1.29, 1.82) is 0 Å². The zero-order valence-corrected chi connectivity index (χ0v) is 11.4. The maximum Gasteiger partial charge on any atom is 0.244 e. The molecule has 106 valence electrons. The minimum Gasteiger partial charge on any atom is -0.464 e. The summed E-state index contributed by atoms with van der Waals surface area (Å²) < 4.78 is 5.41. The Morgan fingerprint density at radius 2 is 2.50 bits per heavy atom. The standard InChI is InChI=1S/C14H18N4O2/c1-2-16-14(19)11-9-15-6-7-18(11)13-10-4-8-20-12(10)3-5-17-13/h3-5,8,11,15H,2,6-7,9H2,1H3,(H,16,19). The minimum absolute atomic E-state index is 0.0296. The molecule has 1 unspecified atom stereocenters. The van der Waals surface area contributed by atoms with Crippen LogP contribution in [0.25, 0.3) is 11.0 Å². The van der Waals surface area contributed by atoms with Crippen molar-refractivity contribution >= 4 is 22.7 Å². The third-order valence-electron chi connectivity index (χ3n) is 3.53. The average molecular weight is 274 g/mol. The molecule has 6 heteroatoms. The Morgan fingerprint density at radius 3 is 3.35 bits per heavy atom. The van der Waals surface area contributed by atoms with Crippen LogP contribution in [0.1, 0.15) is 6.92 Å². The Labute approximate surface area is 117 Å². The highest BCUT2D eigenvalue weighted by atomic mass is 16.3. The van der Waals surface area contributed by atoms with Crippen LogP contribution in [0.5, 0.6) is 0 Å². The van der Waals surface area contributed by atoms with Crippen LogP contribution >= 0.6 is 0 Å². The first-order chi connectivity index (χ1) is 9.81. The average Bonchev–Trinajstić information content (AvgIpc) is 2.96. The fraction of sp³-hybridized carbons (Fsp3) is 0.429. The van der Waals surface area contributed by atoms with Gasteiger partial charge in [-0.25, -0.2) is 4.98 Å². The highest BCUT2D eigenvalue weighted by molar-refractivity contribution is 5.92. The molecule has 0 saturated carbocycles. The van der Waals surface area contributed by atoms with Gasteiger partial charge in [0.2, 0.25) is 5.91 Å². The SMILES string of the molecule is CCNC(=O)C1CNCCN1c1nccc2occc12. The molecule has 1 amide bonds. The maximum atomic E-state index is 12.2. The Bertz CT molecular complexity index is 610. The van der Waals surface area contributed by atoms with Gasteiger partial charge >= 0.3 is 0 Å². The number of fused-ring (bicyclic) bond motifs is 1. The minimum atomic E-state index is -0.239. The maximum absolute atomic E-state index is 12.2. The molecule has 3 heterocycles. The number of aromatic nitrogens is 1. The van der Waals surface area contributed by atoms with Crippen LogP contribution < -0.4 is 15.5 Å². The van der Waals surface area contributed by atoms with Crippen LogP contribution in [-0.4, -0.2) is 43.1 Å². The molecule has 0 radical (unpaired) electrons. The first-order valence-electron chi connectivity index (χ1n) is 6.88. The van der Waals surface area contributed by atoms with E-state index in [0.717, 1.165) is 29.9 Å². The predicted octanol–water partition coefficient (Wildman–Crippen LogP) is 0.742. The monoisotopic (exact) mass is 274 g/mol. The van der Waals surface area contributed by atoms with Crippen LogP contribution in [-0.2, 0) is 4.79 Å². The molecule has 0 spiro atoms. The van der Waals surface area contributed by atoms with Crippen LogP contribution in [0.3, 0.4) is 0 Å². The van der Waals surface area contributed by atoms with Gasteiger partial charge in [0.05, 0.1) is 11.6 Å². The summed E-state index contributed by atoms with van der Waals surface area (Å²) in [4.78, 5) is 18.7. The molecule has 1 saturated heterocycles. The van der Waals surface area contributed by atoms with E-state index >= 15 is 0 Å². The fourth-order valence-electron chi connectivity index (χ4n) is 2.59. The molecule has 0 bridgehead atoms. The summed E-state index contributed by atoms with van der Waals surface area (Å²) >= 11 is 0. The highest BCUT2D eigenvalue weighted by Crippen LogP contribution is 2.27. The number of amides is 1. The number of nitrogens with one attached hydrogen (secondary N) is 2. The Hall–Kier alpha value is -2.08. The molecule has 2 aromatic heterocycles. The lowest BCUT2D eigenvalue weighted by molar-refractivity contribution is -0.122. The first-order valence-corrected chi connectivity index (χ1v) is 6.88. The van der Waals surface area contributed by atoms with Crippen LogP contribution in [0.4, 0.5) is 5.82 Å². The molecular weight excluding hydrogens is 256 g/mol. The van der Waals surface area contributed by atoms with Crippen LogP contribution in [0.15, 0.2) is 29.0 Å². The first kappa shape index (κ1) is 12.9. The topological polar surface area (TPSA) is 70.4 Å². The van der Waals surface area contributed by atoms with Gasteiger partial charge in [0.15, 0.2) is 0 Å². The van der Waals surface area contributed by atoms with Crippen molar-refractivity contribution in [2.75, 3.05) is 31.1 Å². The molecule has 2 N–H and O–H groups in total. The molecule has 0 aromatic carbocycles. The van der Waals surface area contributed by atoms with E-state index in [-0.39, 0.29) is 11.9 Å². The predicted molar refractivity (Wildman–Crippen MR) is 76.7 cm³/mol. The van der Waals surface area contributed by atoms with Crippen molar-refractivity contribution in [3.8, 4) is 0 Å². The fourth-order valence-corrected chi connectivity index (χ4v) is 2.59. The van der Waals surface area contributed by atoms with Gasteiger partial charge < -0.3 is 20.0 Å². The summed E-state index contributed by atoms with van der Waals surface area (Å²) in [6.07, 6.45) is 3.37. The van der Waals surface area contributed by atoms with Gasteiger partial charge in [-0.15, -0.1) is 0 Å². The summed E-state index contributed by atoms with van der Waals surface area (Å²) in [5.74, 6) is 0.844. The van der Waals surface area contributed by atoms with Gasteiger partial charge in [-0.2, -0.15) is 0 Å². The number of rotatable bonds is 3. The number of piperazine rings is 1. The lowest BCUT2D eigenvalue weighted by atomic mass is 10.1. The second kappa shape index (κ2) is 5.50. The van der Waals surface area contributed by atoms with Crippen molar-refractivity contribution in [3.63, 3.8) is 0 Å².